The van der Waals surface area contributed by atoms with Crippen molar-refractivity contribution in [2.75, 3.05) is 40.0 Å². The fourth-order valence-corrected chi connectivity index (χ4v) is 2.38. The van der Waals surface area contributed by atoms with Crippen LogP contribution in [0.1, 0.15) is 38.5 Å². The Morgan fingerprint density at radius 2 is 2.00 bits per heavy atom. The van der Waals surface area contributed by atoms with Crippen LogP contribution in [0, 0.1) is 0 Å². The predicted molar refractivity (Wildman–Crippen MR) is 89.6 cm³/mol. The molecule has 0 aromatic heterocycles. The largest absolute Gasteiger partial charge is 0.379 e. The van der Waals surface area contributed by atoms with E-state index in [2.05, 4.69) is 20.9 Å². The summed E-state index contributed by atoms with van der Waals surface area (Å²) in [6.45, 7) is 3.84. The molecule has 1 saturated heterocycles. The molecule has 2 rings (SSSR count). The van der Waals surface area contributed by atoms with E-state index in [9.17, 15) is 4.79 Å². The van der Waals surface area contributed by atoms with Gasteiger partial charge in [-0.25, -0.2) is 0 Å². The van der Waals surface area contributed by atoms with Gasteiger partial charge in [0.25, 0.3) is 0 Å². The number of aliphatic imine (C=N–C) groups is 1. The van der Waals surface area contributed by atoms with E-state index in [1.54, 1.807) is 7.05 Å². The summed E-state index contributed by atoms with van der Waals surface area (Å²) in [5, 5.41) is 9.47. The highest BCUT2D eigenvalue weighted by atomic mass is 16.5. The van der Waals surface area contributed by atoms with Gasteiger partial charge in [-0.1, -0.05) is 0 Å². The van der Waals surface area contributed by atoms with Gasteiger partial charge in [0.05, 0.1) is 12.7 Å². The summed E-state index contributed by atoms with van der Waals surface area (Å²) in [6, 6.07) is 0.447. The average Bonchev–Trinajstić information content (AvgIpc) is 3.20. The molecule has 0 spiro atoms. The van der Waals surface area contributed by atoms with Gasteiger partial charge < -0.3 is 25.4 Å². The zero-order chi connectivity index (χ0) is 16.3. The van der Waals surface area contributed by atoms with Gasteiger partial charge in [0.2, 0.25) is 5.91 Å². The highest BCUT2D eigenvalue weighted by molar-refractivity contribution is 5.79. The zero-order valence-corrected chi connectivity index (χ0v) is 14.1. The molecule has 0 bridgehead atoms. The number of guanidine groups is 1. The summed E-state index contributed by atoms with van der Waals surface area (Å²) < 4.78 is 11.0. The van der Waals surface area contributed by atoms with Crippen molar-refractivity contribution in [2.45, 2.75) is 50.7 Å². The molecule has 2 aliphatic rings. The summed E-state index contributed by atoms with van der Waals surface area (Å²) in [4.78, 5) is 15.7. The number of nitrogens with zero attached hydrogens (tertiary/aromatic N) is 1. The molecule has 1 aliphatic heterocycles. The Kier molecular flexibility index (Phi) is 8.17. The standard InChI is InChI=1S/C16H30N4O3/c1-17-16(18-8-2-4-15(21)20-13-5-6-13)19-9-3-10-23-14-7-11-22-12-14/h13-14H,2-12H2,1H3,(H,20,21)(H2,17,18,19). The average molecular weight is 326 g/mol. The number of carbonyl (C=O) groups is 1. The van der Waals surface area contributed by atoms with Gasteiger partial charge in [-0.2, -0.15) is 0 Å². The highest BCUT2D eigenvalue weighted by Crippen LogP contribution is 2.18. The van der Waals surface area contributed by atoms with Crippen molar-refractivity contribution in [2.24, 2.45) is 4.99 Å². The molecule has 3 N–H and O–H groups in total. The molecule has 0 radical (unpaired) electrons. The van der Waals surface area contributed by atoms with E-state index >= 15 is 0 Å². The quantitative estimate of drug-likeness (QED) is 0.308. The van der Waals surface area contributed by atoms with Crippen LogP contribution in [0.3, 0.4) is 0 Å². The van der Waals surface area contributed by atoms with Gasteiger partial charge in [-0.05, 0) is 32.1 Å². The Balaban J connectivity index is 1.42. The molecule has 1 unspecified atom stereocenters. The second kappa shape index (κ2) is 10.4. The second-order valence-electron chi connectivity index (χ2n) is 6.08. The third-order valence-electron chi connectivity index (χ3n) is 3.89. The van der Waals surface area contributed by atoms with Gasteiger partial charge in [0.15, 0.2) is 5.96 Å². The lowest BCUT2D eigenvalue weighted by atomic mass is 10.3. The normalized spacial score (nSPS) is 21.3. The van der Waals surface area contributed by atoms with Crippen molar-refractivity contribution in [3.63, 3.8) is 0 Å². The Labute approximate surface area is 138 Å². The first kappa shape index (κ1) is 18.0. The highest BCUT2D eigenvalue weighted by Gasteiger charge is 2.22. The zero-order valence-electron chi connectivity index (χ0n) is 14.1. The fraction of sp³-hybridized carbons (Fsp3) is 0.875. The SMILES string of the molecule is CN=C(NCCCOC1CCOC1)NCCCC(=O)NC1CC1. The van der Waals surface area contributed by atoms with Crippen molar-refractivity contribution in [1.29, 1.82) is 0 Å². The maximum Gasteiger partial charge on any atom is 0.220 e. The van der Waals surface area contributed by atoms with Crippen LogP contribution in [0.2, 0.25) is 0 Å². The van der Waals surface area contributed by atoms with E-state index in [0.29, 0.717) is 12.5 Å². The lowest BCUT2D eigenvalue weighted by Crippen LogP contribution is -2.39. The summed E-state index contributed by atoms with van der Waals surface area (Å²) in [6.07, 6.45) is 5.86. The number of nitrogens with one attached hydrogen (secondary N) is 3. The third kappa shape index (κ3) is 8.18. The topological polar surface area (TPSA) is 84.0 Å². The van der Waals surface area contributed by atoms with Crippen LogP contribution in [-0.4, -0.2) is 64.0 Å². The third-order valence-corrected chi connectivity index (χ3v) is 3.89. The summed E-state index contributed by atoms with van der Waals surface area (Å²) in [5.74, 6) is 0.932. The predicted octanol–water partition coefficient (Wildman–Crippen LogP) is 0.406. The van der Waals surface area contributed by atoms with E-state index in [1.165, 1.54) is 0 Å². The number of amides is 1. The summed E-state index contributed by atoms with van der Waals surface area (Å²) >= 11 is 0. The molecule has 132 valence electrons. The maximum absolute atomic E-state index is 11.6. The molecular weight excluding hydrogens is 296 g/mol. The number of carbonyl (C=O) groups excluding carboxylic acids is 1. The Hall–Kier alpha value is -1.34. The molecule has 1 aliphatic carbocycles. The minimum absolute atomic E-state index is 0.158. The Morgan fingerprint density at radius 3 is 2.65 bits per heavy atom. The Morgan fingerprint density at radius 1 is 1.22 bits per heavy atom. The molecule has 2 fully saturated rings. The number of ether oxygens (including phenoxy) is 2. The molecule has 0 aromatic rings. The number of hydrogen-bond acceptors (Lipinski definition) is 4. The molecule has 1 saturated carbocycles. The van der Waals surface area contributed by atoms with E-state index in [0.717, 1.165) is 71.0 Å². The van der Waals surface area contributed by atoms with Gasteiger partial charge >= 0.3 is 0 Å². The fourth-order valence-electron chi connectivity index (χ4n) is 2.38. The van der Waals surface area contributed by atoms with Crippen LogP contribution < -0.4 is 16.0 Å². The van der Waals surface area contributed by atoms with Crippen LogP contribution in [-0.2, 0) is 14.3 Å². The van der Waals surface area contributed by atoms with Crippen molar-refractivity contribution in [1.82, 2.24) is 16.0 Å². The molecule has 7 nitrogen and oxygen atoms in total. The van der Waals surface area contributed by atoms with Crippen LogP contribution in [0.5, 0.6) is 0 Å². The number of hydrogen-bond donors (Lipinski definition) is 3. The first-order chi connectivity index (χ1) is 11.3. The van der Waals surface area contributed by atoms with Gasteiger partial charge in [-0.3, -0.25) is 9.79 Å². The van der Waals surface area contributed by atoms with E-state index in [4.69, 9.17) is 9.47 Å². The van der Waals surface area contributed by atoms with Crippen LogP contribution in [0.15, 0.2) is 4.99 Å². The van der Waals surface area contributed by atoms with Crippen molar-refractivity contribution >= 4 is 11.9 Å². The van der Waals surface area contributed by atoms with Crippen molar-refractivity contribution in [3.05, 3.63) is 0 Å². The van der Waals surface area contributed by atoms with Crippen LogP contribution in [0.25, 0.3) is 0 Å². The van der Waals surface area contributed by atoms with Crippen molar-refractivity contribution < 1.29 is 14.3 Å². The minimum atomic E-state index is 0.158. The molecule has 1 heterocycles. The molecule has 0 aromatic carbocycles. The first-order valence-electron chi connectivity index (χ1n) is 8.71. The lowest BCUT2D eigenvalue weighted by Gasteiger charge is -2.13. The Bertz CT molecular complexity index is 380. The van der Waals surface area contributed by atoms with Crippen molar-refractivity contribution in [3.8, 4) is 0 Å². The van der Waals surface area contributed by atoms with Gasteiger partial charge in [-0.15, -0.1) is 0 Å². The molecule has 1 atom stereocenters. The lowest BCUT2D eigenvalue weighted by molar-refractivity contribution is -0.121. The van der Waals surface area contributed by atoms with Gasteiger partial charge in [0, 0.05) is 45.8 Å². The molecular formula is C16H30N4O3. The second-order valence-corrected chi connectivity index (χ2v) is 6.08. The summed E-state index contributed by atoms with van der Waals surface area (Å²) in [7, 11) is 1.75. The molecule has 1 amide bonds. The van der Waals surface area contributed by atoms with Gasteiger partial charge in [0.1, 0.15) is 0 Å². The molecule has 23 heavy (non-hydrogen) atoms. The van der Waals surface area contributed by atoms with E-state index in [1.807, 2.05) is 0 Å². The monoisotopic (exact) mass is 326 g/mol. The first-order valence-corrected chi connectivity index (χ1v) is 8.71. The maximum atomic E-state index is 11.6. The van der Waals surface area contributed by atoms with E-state index < -0.39 is 0 Å². The number of rotatable bonds is 10. The smallest absolute Gasteiger partial charge is 0.220 e. The molecule has 7 heteroatoms. The minimum Gasteiger partial charge on any atom is -0.379 e. The summed E-state index contributed by atoms with van der Waals surface area (Å²) in [5.41, 5.74) is 0. The van der Waals surface area contributed by atoms with Crippen LogP contribution >= 0.6 is 0 Å². The van der Waals surface area contributed by atoms with Crippen LogP contribution in [0.4, 0.5) is 0 Å². The van der Waals surface area contributed by atoms with E-state index in [-0.39, 0.29) is 12.0 Å².